The summed E-state index contributed by atoms with van der Waals surface area (Å²) in [4.78, 5) is 16.2. The van der Waals surface area contributed by atoms with E-state index in [2.05, 4.69) is 24.1 Å². The Kier molecular flexibility index (Phi) is 8.19. The molecule has 0 aliphatic carbocycles. The Morgan fingerprint density at radius 2 is 1.96 bits per heavy atom. The van der Waals surface area contributed by atoms with Crippen molar-refractivity contribution in [1.29, 1.82) is 0 Å². The highest BCUT2D eigenvalue weighted by molar-refractivity contribution is 6.30. The van der Waals surface area contributed by atoms with Crippen LogP contribution >= 0.6 is 11.6 Å². The van der Waals surface area contributed by atoms with Crippen LogP contribution in [0.15, 0.2) is 24.3 Å². The molecule has 5 nitrogen and oxygen atoms in total. The number of halogens is 1. The van der Waals surface area contributed by atoms with Crippen LogP contribution in [-0.4, -0.2) is 66.4 Å². The van der Waals surface area contributed by atoms with Crippen LogP contribution in [0.3, 0.4) is 0 Å². The summed E-state index contributed by atoms with van der Waals surface area (Å²) in [5.41, 5.74) is 1.29. The number of likely N-dealkylation sites (tertiary alicyclic amines) is 1. The van der Waals surface area contributed by atoms with Crippen LogP contribution in [0.25, 0.3) is 0 Å². The Bertz CT molecular complexity index is 557. The highest BCUT2D eigenvalue weighted by Gasteiger charge is 2.38. The predicted octanol–water partition coefficient (Wildman–Crippen LogP) is 3.58. The molecule has 0 atom stereocenters. The van der Waals surface area contributed by atoms with Crippen molar-refractivity contribution in [2.24, 2.45) is 0 Å². The number of ether oxygens (including phenoxy) is 1. The van der Waals surface area contributed by atoms with Gasteiger partial charge in [0.1, 0.15) is 0 Å². The number of nitrogens with zero attached hydrogens (tertiary/aromatic N) is 2. The van der Waals surface area contributed by atoms with Crippen molar-refractivity contribution in [3.8, 4) is 0 Å². The molecule has 1 N–H and O–H groups in total. The lowest BCUT2D eigenvalue weighted by atomic mass is 9.81. The van der Waals surface area contributed by atoms with Gasteiger partial charge >= 0.3 is 6.09 Å². The Hall–Kier alpha value is -1.30. The van der Waals surface area contributed by atoms with Crippen molar-refractivity contribution in [3.63, 3.8) is 0 Å². The van der Waals surface area contributed by atoms with Crippen LogP contribution in [0, 0.1) is 0 Å². The zero-order chi connectivity index (χ0) is 19.0. The number of aliphatic hydroxyl groups is 1. The Labute approximate surface area is 161 Å². The molecule has 1 aliphatic rings. The number of carbonyl (C=O) groups is 1. The van der Waals surface area contributed by atoms with Crippen LogP contribution in [0.5, 0.6) is 0 Å². The number of carbonyl (C=O) groups excluding carboxylic acids is 1. The number of aliphatic hydroxyl groups excluding tert-OH is 1. The summed E-state index contributed by atoms with van der Waals surface area (Å²) in [5, 5.41) is 10.1. The van der Waals surface area contributed by atoms with Gasteiger partial charge in [-0.25, -0.2) is 4.79 Å². The van der Waals surface area contributed by atoms with Gasteiger partial charge in [0.15, 0.2) is 0 Å². The normalized spacial score (nSPS) is 16.7. The van der Waals surface area contributed by atoms with Gasteiger partial charge < -0.3 is 19.6 Å². The quantitative estimate of drug-likeness (QED) is 0.746. The molecule has 26 heavy (non-hydrogen) atoms. The first kappa shape index (κ1) is 21.0. The smallest absolute Gasteiger partial charge is 0.409 e. The van der Waals surface area contributed by atoms with E-state index in [0.29, 0.717) is 19.7 Å². The molecule has 0 radical (unpaired) electrons. The first-order valence-corrected chi connectivity index (χ1v) is 9.87. The molecule has 1 heterocycles. The standard InChI is InChI=1S/C20H31ClN2O3/c1-3-26-19(25)23-14-11-20(12-15-23,10-4-16-24)22(2)13-9-17-5-7-18(21)8-6-17/h5-8,24H,3-4,9-16H2,1-2H3. The fourth-order valence-electron chi connectivity index (χ4n) is 3.74. The monoisotopic (exact) mass is 382 g/mol. The third kappa shape index (κ3) is 5.60. The van der Waals surface area contributed by atoms with E-state index in [1.54, 1.807) is 4.90 Å². The van der Waals surface area contributed by atoms with Crippen molar-refractivity contribution in [2.45, 2.75) is 44.6 Å². The molecular formula is C20H31ClN2O3. The molecule has 1 aromatic carbocycles. The van der Waals surface area contributed by atoms with E-state index in [4.69, 9.17) is 16.3 Å². The van der Waals surface area contributed by atoms with E-state index in [0.717, 1.165) is 43.7 Å². The summed E-state index contributed by atoms with van der Waals surface area (Å²) in [6.07, 6.45) is 4.27. The number of rotatable bonds is 8. The molecule has 0 spiro atoms. The summed E-state index contributed by atoms with van der Waals surface area (Å²) in [6.45, 7) is 4.79. The molecule has 146 valence electrons. The van der Waals surface area contributed by atoms with Gasteiger partial charge in [0.2, 0.25) is 0 Å². The number of benzene rings is 1. The number of likely N-dealkylation sites (N-methyl/N-ethyl adjacent to an activating group) is 1. The zero-order valence-electron chi connectivity index (χ0n) is 15.9. The van der Waals surface area contributed by atoms with Gasteiger partial charge in [-0.2, -0.15) is 0 Å². The summed E-state index contributed by atoms with van der Waals surface area (Å²) < 4.78 is 5.13. The topological polar surface area (TPSA) is 53.0 Å². The second kappa shape index (κ2) is 10.1. The van der Waals surface area contributed by atoms with E-state index >= 15 is 0 Å². The minimum atomic E-state index is -0.216. The average Bonchev–Trinajstić information content (AvgIpc) is 2.66. The van der Waals surface area contributed by atoms with Gasteiger partial charge in [-0.1, -0.05) is 23.7 Å². The molecule has 1 amide bonds. The summed E-state index contributed by atoms with van der Waals surface area (Å²) in [6, 6.07) is 7.99. The van der Waals surface area contributed by atoms with Gasteiger partial charge in [0, 0.05) is 36.8 Å². The van der Waals surface area contributed by atoms with Crippen LogP contribution in [0.2, 0.25) is 5.02 Å². The third-order valence-electron chi connectivity index (χ3n) is 5.48. The molecule has 0 bridgehead atoms. The number of amides is 1. The van der Waals surface area contributed by atoms with E-state index in [9.17, 15) is 9.90 Å². The minimum Gasteiger partial charge on any atom is -0.450 e. The van der Waals surface area contributed by atoms with Crippen molar-refractivity contribution in [2.75, 3.05) is 39.9 Å². The summed E-state index contributed by atoms with van der Waals surface area (Å²) in [7, 11) is 2.16. The molecule has 2 rings (SSSR count). The SMILES string of the molecule is CCOC(=O)N1CCC(CCCO)(N(C)CCc2ccc(Cl)cc2)CC1. The third-order valence-corrected chi connectivity index (χ3v) is 5.73. The van der Waals surface area contributed by atoms with Gasteiger partial charge in [-0.05, 0) is 63.8 Å². The van der Waals surface area contributed by atoms with Gasteiger partial charge in [-0.3, -0.25) is 0 Å². The maximum atomic E-state index is 12.0. The van der Waals surface area contributed by atoms with Crippen LogP contribution in [0.4, 0.5) is 4.79 Å². The van der Waals surface area contributed by atoms with Crippen LogP contribution < -0.4 is 0 Å². The van der Waals surface area contributed by atoms with Crippen molar-refractivity contribution in [1.82, 2.24) is 9.80 Å². The number of piperidine rings is 1. The maximum Gasteiger partial charge on any atom is 0.409 e. The molecule has 1 saturated heterocycles. The van der Waals surface area contributed by atoms with E-state index < -0.39 is 0 Å². The number of hydrogen-bond acceptors (Lipinski definition) is 4. The first-order chi connectivity index (χ1) is 12.5. The van der Waals surface area contributed by atoms with Gasteiger partial charge in [-0.15, -0.1) is 0 Å². The fourth-order valence-corrected chi connectivity index (χ4v) is 3.86. The lowest BCUT2D eigenvalue weighted by Gasteiger charge is -2.47. The minimum absolute atomic E-state index is 0.0259. The van der Waals surface area contributed by atoms with Gasteiger partial charge in [0.25, 0.3) is 0 Å². The first-order valence-electron chi connectivity index (χ1n) is 9.49. The molecule has 0 saturated carbocycles. The molecule has 6 heteroatoms. The summed E-state index contributed by atoms with van der Waals surface area (Å²) in [5.74, 6) is 0. The Morgan fingerprint density at radius 1 is 1.31 bits per heavy atom. The predicted molar refractivity (Wildman–Crippen MR) is 105 cm³/mol. The largest absolute Gasteiger partial charge is 0.450 e. The zero-order valence-corrected chi connectivity index (χ0v) is 16.7. The van der Waals surface area contributed by atoms with Crippen LogP contribution in [0.1, 0.15) is 38.2 Å². The van der Waals surface area contributed by atoms with E-state index in [1.807, 2.05) is 19.1 Å². The molecule has 1 aliphatic heterocycles. The molecule has 1 fully saturated rings. The van der Waals surface area contributed by atoms with E-state index in [-0.39, 0.29) is 18.2 Å². The average molecular weight is 383 g/mol. The Balaban J connectivity index is 1.97. The summed E-state index contributed by atoms with van der Waals surface area (Å²) >= 11 is 5.96. The van der Waals surface area contributed by atoms with Crippen molar-refractivity contribution in [3.05, 3.63) is 34.9 Å². The highest BCUT2D eigenvalue weighted by Crippen LogP contribution is 2.33. The maximum absolute atomic E-state index is 12.0. The van der Waals surface area contributed by atoms with Crippen LogP contribution in [-0.2, 0) is 11.2 Å². The van der Waals surface area contributed by atoms with Crippen molar-refractivity contribution >= 4 is 17.7 Å². The van der Waals surface area contributed by atoms with Gasteiger partial charge in [0.05, 0.1) is 6.61 Å². The molecule has 1 aromatic rings. The molecule has 0 unspecified atom stereocenters. The highest BCUT2D eigenvalue weighted by atomic mass is 35.5. The molecular weight excluding hydrogens is 352 g/mol. The fraction of sp³-hybridized carbons (Fsp3) is 0.650. The number of hydrogen-bond donors (Lipinski definition) is 1. The lowest BCUT2D eigenvalue weighted by molar-refractivity contribution is 0.0230. The molecule has 0 aromatic heterocycles. The second-order valence-corrected chi connectivity index (χ2v) is 7.47. The lowest BCUT2D eigenvalue weighted by Crippen LogP contribution is -2.55. The van der Waals surface area contributed by atoms with E-state index in [1.165, 1.54) is 5.56 Å². The van der Waals surface area contributed by atoms with Crippen molar-refractivity contribution < 1.29 is 14.6 Å². The second-order valence-electron chi connectivity index (χ2n) is 7.04. The Morgan fingerprint density at radius 3 is 2.54 bits per heavy atom.